The van der Waals surface area contributed by atoms with Crippen LogP contribution >= 0.6 is 0 Å². The largest absolute Gasteiger partial charge is 0.441 e. The van der Waals surface area contributed by atoms with Crippen molar-refractivity contribution in [3.8, 4) is 0 Å². The molecule has 0 radical (unpaired) electrons. The lowest BCUT2D eigenvalue weighted by atomic mass is 9.91. The fourth-order valence-corrected chi connectivity index (χ4v) is 2.66. The van der Waals surface area contributed by atoms with Crippen molar-refractivity contribution >= 4 is 12.0 Å². The van der Waals surface area contributed by atoms with E-state index in [0.717, 1.165) is 0 Å². The van der Waals surface area contributed by atoms with E-state index in [-0.39, 0.29) is 12.0 Å². The number of ether oxygens (including phenoxy) is 1. The third-order valence-electron chi connectivity index (χ3n) is 3.85. The lowest BCUT2D eigenvalue weighted by Gasteiger charge is -2.37. The molecule has 5 heteroatoms. The van der Waals surface area contributed by atoms with Crippen LogP contribution in [0.25, 0.3) is 0 Å². The van der Waals surface area contributed by atoms with Gasteiger partial charge < -0.3 is 15.0 Å². The molecule has 0 unspecified atom stereocenters. The van der Waals surface area contributed by atoms with Gasteiger partial charge in [-0.1, -0.05) is 18.2 Å². The molecule has 0 aromatic heterocycles. The Morgan fingerprint density at radius 1 is 1.21 bits per heavy atom. The van der Waals surface area contributed by atoms with Crippen LogP contribution < -0.4 is 5.32 Å². The summed E-state index contributed by atoms with van der Waals surface area (Å²) in [6.07, 6.45) is 1.05. The van der Waals surface area contributed by atoms with Gasteiger partial charge in [-0.15, -0.1) is 0 Å². The number of amides is 2. The van der Waals surface area contributed by atoms with Crippen LogP contribution in [0.1, 0.15) is 23.2 Å². The number of carbonyl (C=O) groups is 2. The monoisotopic (exact) mass is 260 g/mol. The number of hydrogen-bond donors (Lipinski definition) is 1. The van der Waals surface area contributed by atoms with Gasteiger partial charge in [0, 0.05) is 31.5 Å². The van der Waals surface area contributed by atoms with Crippen molar-refractivity contribution in [2.75, 3.05) is 19.6 Å². The van der Waals surface area contributed by atoms with Crippen molar-refractivity contribution in [1.29, 1.82) is 0 Å². The second kappa shape index (κ2) is 4.57. The normalized spacial score (nSPS) is 21.1. The topological polar surface area (TPSA) is 58.6 Å². The number of rotatable bonds is 1. The molecule has 1 aromatic carbocycles. The van der Waals surface area contributed by atoms with Crippen LogP contribution in [0.5, 0.6) is 0 Å². The molecule has 1 N–H and O–H groups in total. The molecular formula is C14H16N2O3. The zero-order valence-corrected chi connectivity index (χ0v) is 10.6. The number of carbonyl (C=O) groups excluding carboxylic acids is 2. The molecule has 2 aliphatic rings. The molecule has 19 heavy (non-hydrogen) atoms. The van der Waals surface area contributed by atoms with Crippen molar-refractivity contribution in [3.63, 3.8) is 0 Å². The van der Waals surface area contributed by atoms with E-state index in [1.165, 1.54) is 0 Å². The zero-order valence-electron chi connectivity index (χ0n) is 10.6. The first-order valence-electron chi connectivity index (χ1n) is 6.50. The fraction of sp³-hybridized carbons (Fsp3) is 0.429. The first-order valence-corrected chi connectivity index (χ1v) is 6.50. The molecule has 1 spiro atoms. The van der Waals surface area contributed by atoms with Gasteiger partial charge in [-0.3, -0.25) is 4.79 Å². The van der Waals surface area contributed by atoms with Gasteiger partial charge in [0.1, 0.15) is 5.60 Å². The lowest BCUT2D eigenvalue weighted by Crippen LogP contribution is -2.48. The predicted molar refractivity (Wildman–Crippen MR) is 68.8 cm³/mol. The Kier molecular flexibility index (Phi) is 2.89. The Balaban J connectivity index is 1.64. The Hall–Kier alpha value is -2.04. The summed E-state index contributed by atoms with van der Waals surface area (Å²) in [6, 6.07) is 9.27. The molecule has 0 aliphatic carbocycles. The molecule has 2 aliphatic heterocycles. The highest BCUT2D eigenvalue weighted by molar-refractivity contribution is 5.94. The first kappa shape index (κ1) is 12.0. The third-order valence-corrected chi connectivity index (χ3v) is 3.85. The number of hydrogen-bond acceptors (Lipinski definition) is 3. The van der Waals surface area contributed by atoms with Crippen molar-refractivity contribution < 1.29 is 14.3 Å². The summed E-state index contributed by atoms with van der Waals surface area (Å²) in [5.74, 6) is 0.0488. The van der Waals surface area contributed by atoms with E-state index in [1.807, 2.05) is 35.2 Å². The predicted octanol–water partition coefficient (Wildman–Crippen LogP) is 1.40. The quantitative estimate of drug-likeness (QED) is 0.830. The molecule has 2 fully saturated rings. The molecular weight excluding hydrogens is 244 g/mol. The van der Waals surface area contributed by atoms with Gasteiger partial charge in [0.15, 0.2) is 0 Å². The van der Waals surface area contributed by atoms with Crippen LogP contribution in [0.3, 0.4) is 0 Å². The average Bonchev–Trinajstić information content (AvgIpc) is 2.81. The number of alkyl carbamates (subject to hydrolysis) is 1. The van der Waals surface area contributed by atoms with Crippen LogP contribution in [0, 0.1) is 0 Å². The van der Waals surface area contributed by atoms with Gasteiger partial charge in [-0.2, -0.15) is 0 Å². The highest BCUT2D eigenvalue weighted by atomic mass is 16.6. The van der Waals surface area contributed by atoms with E-state index in [9.17, 15) is 9.59 Å². The van der Waals surface area contributed by atoms with Crippen molar-refractivity contribution in [1.82, 2.24) is 10.2 Å². The maximum atomic E-state index is 12.3. The van der Waals surface area contributed by atoms with Gasteiger partial charge in [0.2, 0.25) is 0 Å². The van der Waals surface area contributed by atoms with Gasteiger partial charge in [0.25, 0.3) is 5.91 Å². The lowest BCUT2D eigenvalue weighted by molar-refractivity contribution is 0.00331. The van der Waals surface area contributed by atoms with Gasteiger partial charge in [-0.25, -0.2) is 4.79 Å². The highest BCUT2D eigenvalue weighted by Gasteiger charge is 2.43. The minimum Gasteiger partial charge on any atom is -0.441 e. The maximum absolute atomic E-state index is 12.3. The molecule has 2 heterocycles. The fourth-order valence-electron chi connectivity index (χ4n) is 2.66. The van der Waals surface area contributed by atoms with Crippen molar-refractivity contribution in [2.45, 2.75) is 18.4 Å². The van der Waals surface area contributed by atoms with E-state index >= 15 is 0 Å². The summed E-state index contributed by atoms with van der Waals surface area (Å²) in [5.41, 5.74) is 0.310. The molecule has 0 atom stereocenters. The summed E-state index contributed by atoms with van der Waals surface area (Å²) in [6.45, 7) is 1.81. The summed E-state index contributed by atoms with van der Waals surface area (Å²) >= 11 is 0. The van der Waals surface area contributed by atoms with Crippen molar-refractivity contribution in [2.24, 2.45) is 0 Å². The molecule has 2 saturated heterocycles. The van der Waals surface area contributed by atoms with Crippen LogP contribution in [0.4, 0.5) is 4.79 Å². The minimum absolute atomic E-state index is 0.0488. The minimum atomic E-state index is -0.398. The van der Waals surface area contributed by atoms with Crippen molar-refractivity contribution in [3.05, 3.63) is 35.9 Å². The Morgan fingerprint density at radius 3 is 2.47 bits per heavy atom. The number of nitrogens with one attached hydrogen (secondary N) is 1. The standard InChI is InChI=1S/C14H16N2O3/c17-12(11-4-2-1-3-5-11)16-8-6-14(7-9-16)10-15-13(18)19-14/h1-5H,6-10H2,(H,15,18). The molecule has 100 valence electrons. The van der Waals surface area contributed by atoms with Crippen LogP contribution in [-0.4, -0.2) is 42.1 Å². The summed E-state index contributed by atoms with van der Waals surface area (Å²) in [5, 5.41) is 2.69. The Morgan fingerprint density at radius 2 is 1.89 bits per heavy atom. The van der Waals surface area contributed by atoms with E-state index in [4.69, 9.17) is 4.74 Å². The second-order valence-corrected chi connectivity index (χ2v) is 5.08. The van der Waals surface area contributed by atoms with Crippen LogP contribution in [0.2, 0.25) is 0 Å². The number of piperidine rings is 1. The molecule has 2 amide bonds. The smallest absolute Gasteiger partial charge is 0.407 e. The van der Waals surface area contributed by atoms with Gasteiger partial charge in [-0.05, 0) is 12.1 Å². The SMILES string of the molecule is O=C1NCC2(CCN(C(=O)c3ccccc3)CC2)O1. The maximum Gasteiger partial charge on any atom is 0.407 e. The second-order valence-electron chi connectivity index (χ2n) is 5.08. The average molecular weight is 260 g/mol. The van der Waals surface area contributed by atoms with E-state index in [2.05, 4.69) is 5.32 Å². The van der Waals surface area contributed by atoms with E-state index in [0.29, 0.717) is 38.0 Å². The zero-order chi connectivity index (χ0) is 13.3. The van der Waals surface area contributed by atoms with Crippen LogP contribution in [0.15, 0.2) is 30.3 Å². The molecule has 5 nitrogen and oxygen atoms in total. The molecule has 0 bridgehead atoms. The summed E-state index contributed by atoms with van der Waals surface area (Å²) < 4.78 is 5.34. The Bertz CT molecular complexity index is 493. The number of nitrogens with zero attached hydrogens (tertiary/aromatic N) is 1. The van der Waals surface area contributed by atoms with Gasteiger partial charge in [0.05, 0.1) is 6.54 Å². The summed E-state index contributed by atoms with van der Waals surface area (Å²) in [4.78, 5) is 25.2. The highest BCUT2D eigenvalue weighted by Crippen LogP contribution is 2.29. The number of benzene rings is 1. The third kappa shape index (κ3) is 2.28. The summed E-state index contributed by atoms with van der Waals surface area (Å²) in [7, 11) is 0. The molecule has 1 aromatic rings. The Labute approximate surface area is 111 Å². The van der Waals surface area contributed by atoms with Crippen LogP contribution in [-0.2, 0) is 4.74 Å². The number of likely N-dealkylation sites (tertiary alicyclic amines) is 1. The van der Waals surface area contributed by atoms with E-state index < -0.39 is 5.60 Å². The molecule has 3 rings (SSSR count). The first-order chi connectivity index (χ1) is 9.19. The van der Waals surface area contributed by atoms with Gasteiger partial charge >= 0.3 is 6.09 Å². The molecule has 0 saturated carbocycles. The van der Waals surface area contributed by atoms with E-state index in [1.54, 1.807) is 0 Å².